The van der Waals surface area contributed by atoms with Crippen molar-refractivity contribution in [3.05, 3.63) is 52.3 Å². The normalized spacial score (nSPS) is 10.6. The number of rotatable bonds is 8. The third kappa shape index (κ3) is 6.34. The highest BCUT2D eigenvalue weighted by molar-refractivity contribution is 9.10. The Kier molecular flexibility index (Phi) is 7.94. The fourth-order valence-electron chi connectivity index (χ4n) is 2.23. The number of nitrogens with one attached hydrogen (secondary N) is 2. The van der Waals surface area contributed by atoms with Gasteiger partial charge in [0, 0.05) is 18.5 Å². The van der Waals surface area contributed by atoms with Gasteiger partial charge >= 0.3 is 0 Å². The van der Waals surface area contributed by atoms with E-state index in [2.05, 4.69) is 31.8 Å². The van der Waals surface area contributed by atoms with E-state index in [9.17, 15) is 14.0 Å². The third-order valence-corrected chi connectivity index (χ3v) is 4.15. The van der Waals surface area contributed by atoms with Crippen molar-refractivity contribution >= 4 is 39.6 Å². The molecule has 0 bridgehead atoms. The fraction of sp³-hybridized carbons (Fsp3) is 0.211. The number of hydrogen-bond acceptors (Lipinski definition) is 5. The maximum Gasteiger partial charge on any atom is 0.240 e. The molecule has 2 rings (SSSR count). The van der Waals surface area contributed by atoms with E-state index in [1.54, 1.807) is 12.1 Å². The molecule has 0 heterocycles. The summed E-state index contributed by atoms with van der Waals surface area (Å²) >= 11 is 3.37. The molecule has 148 valence electrons. The number of carbonyl (C=O) groups is 2. The molecule has 2 aromatic carbocycles. The van der Waals surface area contributed by atoms with Crippen LogP contribution >= 0.6 is 15.9 Å². The molecule has 2 amide bonds. The van der Waals surface area contributed by atoms with Crippen LogP contribution in [-0.4, -0.2) is 32.2 Å². The van der Waals surface area contributed by atoms with E-state index in [1.807, 2.05) is 0 Å². The van der Waals surface area contributed by atoms with Crippen molar-refractivity contribution in [3.8, 4) is 11.5 Å². The van der Waals surface area contributed by atoms with Crippen molar-refractivity contribution in [2.45, 2.75) is 12.8 Å². The predicted octanol–water partition coefficient (Wildman–Crippen LogP) is 3.47. The first kappa shape index (κ1) is 21.4. The topological polar surface area (TPSA) is 89.0 Å². The number of anilines is 1. The quantitative estimate of drug-likeness (QED) is 0.474. The lowest BCUT2D eigenvalue weighted by Gasteiger charge is -2.10. The second-order valence-electron chi connectivity index (χ2n) is 5.59. The molecule has 28 heavy (non-hydrogen) atoms. The van der Waals surface area contributed by atoms with Crippen molar-refractivity contribution in [1.82, 2.24) is 5.43 Å². The zero-order valence-electron chi connectivity index (χ0n) is 15.3. The van der Waals surface area contributed by atoms with Gasteiger partial charge in [0.15, 0.2) is 11.5 Å². The molecule has 2 N–H and O–H groups in total. The van der Waals surface area contributed by atoms with Crippen molar-refractivity contribution in [3.63, 3.8) is 0 Å². The Morgan fingerprint density at radius 1 is 1.11 bits per heavy atom. The van der Waals surface area contributed by atoms with E-state index in [0.717, 1.165) is 0 Å². The number of ether oxygens (including phenoxy) is 2. The van der Waals surface area contributed by atoms with Gasteiger partial charge in [-0.1, -0.05) is 0 Å². The van der Waals surface area contributed by atoms with E-state index in [4.69, 9.17) is 9.47 Å². The highest BCUT2D eigenvalue weighted by Gasteiger charge is 2.10. The summed E-state index contributed by atoms with van der Waals surface area (Å²) in [5.74, 6) is -0.0886. The number of amides is 2. The summed E-state index contributed by atoms with van der Waals surface area (Å²) < 4.78 is 24.0. The Hall–Kier alpha value is -2.94. The molecule has 0 saturated heterocycles. The Bertz CT molecular complexity index is 872. The van der Waals surface area contributed by atoms with Crippen LogP contribution in [0, 0.1) is 5.82 Å². The SMILES string of the molecule is COc1cc(/C=N/NC(=O)CCC(=O)Nc2ccc(F)cc2)cc(Br)c1OC. The van der Waals surface area contributed by atoms with Gasteiger partial charge in [-0.3, -0.25) is 9.59 Å². The molecular weight excluding hydrogens is 433 g/mol. The minimum atomic E-state index is -0.412. The number of methoxy groups -OCH3 is 2. The van der Waals surface area contributed by atoms with Crippen molar-refractivity contribution < 1.29 is 23.5 Å². The molecule has 0 unspecified atom stereocenters. The summed E-state index contributed by atoms with van der Waals surface area (Å²) in [7, 11) is 3.05. The molecule has 0 saturated carbocycles. The number of hydrogen-bond donors (Lipinski definition) is 2. The van der Waals surface area contributed by atoms with Gasteiger partial charge in [-0.15, -0.1) is 0 Å². The Labute approximate surface area is 170 Å². The molecule has 9 heteroatoms. The molecule has 0 aromatic heterocycles. The second kappa shape index (κ2) is 10.4. The number of hydrazone groups is 1. The number of carbonyl (C=O) groups excluding carboxylic acids is 2. The molecule has 0 aliphatic carbocycles. The van der Waals surface area contributed by atoms with E-state index >= 15 is 0 Å². The van der Waals surface area contributed by atoms with Gasteiger partial charge in [-0.25, -0.2) is 9.82 Å². The smallest absolute Gasteiger partial charge is 0.240 e. The van der Waals surface area contributed by atoms with Crippen LogP contribution in [0.2, 0.25) is 0 Å². The lowest BCUT2D eigenvalue weighted by atomic mass is 10.2. The van der Waals surface area contributed by atoms with Crippen molar-refractivity contribution in [2.75, 3.05) is 19.5 Å². The van der Waals surface area contributed by atoms with Gasteiger partial charge in [-0.2, -0.15) is 5.10 Å². The fourth-order valence-corrected chi connectivity index (χ4v) is 2.85. The maximum absolute atomic E-state index is 12.8. The van der Waals surface area contributed by atoms with Crippen LogP contribution in [-0.2, 0) is 9.59 Å². The van der Waals surface area contributed by atoms with Crippen LogP contribution in [0.25, 0.3) is 0 Å². The van der Waals surface area contributed by atoms with Crippen LogP contribution in [0.1, 0.15) is 18.4 Å². The van der Waals surface area contributed by atoms with E-state index in [0.29, 0.717) is 27.2 Å². The molecule has 2 aromatic rings. The van der Waals surface area contributed by atoms with E-state index in [-0.39, 0.29) is 18.7 Å². The number of nitrogens with zero attached hydrogens (tertiary/aromatic N) is 1. The molecular formula is C19H19BrFN3O4. The lowest BCUT2D eigenvalue weighted by Crippen LogP contribution is -2.20. The first-order chi connectivity index (χ1) is 13.4. The first-order valence-electron chi connectivity index (χ1n) is 8.21. The minimum absolute atomic E-state index is 0.0271. The summed E-state index contributed by atoms with van der Waals surface area (Å²) in [5, 5.41) is 6.45. The number of halogens is 2. The van der Waals surface area contributed by atoms with Gasteiger partial charge < -0.3 is 14.8 Å². The molecule has 0 aliphatic rings. The molecule has 0 spiro atoms. The Morgan fingerprint density at radius 3 is 2.43 bits per heavy atom. The second-order valence-corrected chi connectivity index (χ2v) is 6.44. The van der Waals surface area contributed by atoms with Gasteiger partial charge in [-0.05, 0) is 57.9 Å². The number of benzene rings is 2. The van der Waals surface area contributed by atoms with E-state index in [1.165, 1.54) is 44.7 Å². The lowest BCUT2D eigenvalue weighted by molar-refractivity contribution is -0.124. The van der Waals surface area contributed by atoms with Gasteiger partial charge in [0.05, 0.1) is 24.9 Å². The average molecular weight is 452 g/mol. The monoisotopic (exact) mass is 451 g/mol. The van der Waals surface area contributed by atoms with Crippen LogP contribution in [0.15, 0.2) is 46.0 Å². The zero-order valence-corrected chi connectivity index (χ0v) is 16.9. The maximum atomic E-state index is 12.8. The molecule has 0 aliphatic heterocycles. The molecule has 0 fully saturated rings. The van der Waals surface area contributed by atoms with E-state index < -0.39 is 11.7 Å². The summed E-state index contributed by atoms with van der Waals surface area (Å²) in [6, 6.07) is 8.83. The van der Waals surface area contributed by atoms with Crippen LogP contribution < -0.4 is 20.2 Å². The summed E-state index contributed by atoms with van der Waals surface area (Å²) in [4.78, 5) is 23.6. The minimum Gasteiger partial charge on any atom is -0.493 e. The van der Waals surface area contributed by atoms with Gasteiger partial charge in [0.1, 0.15) is 5.82 Å². The summed E-state index contributed by atoms with van der Waals surface area (Å²) in [6.07, 6.45) is 1.38. The summed E-state index contributed by atoms with van der Waals surface area (Å²) in [6.45, 7) is 0. The first-order valence-corrected chi connectivity index (χ1v) is 9.01. The standard InChI is InChI=1S/C19H19BrFN3O4/c1-27-16-10-12(9-15(20)19(16)28-2)11-22-24-18(26)8-7-17(25)23-14-5-3-13(21)4-6-14/h3-6,9-11H,7-8H2,1-2H3,(H,23,25)(H,24,26)/b22-11+. The average Bonchev–Trinajstić information content (AvgIpc) is 2.67. The van der Waals surface area contributed by atoms with Crippen LogP contribution in [0.4, 0.5) is 10.1 Å². The Morgan fingerprint density at radius 2 is 1.79 bits per heavy atom. The third-order valence-electron chi connectivity index (χ3n) is 3.57. The van der Waals surface area contributed by atoms with Crippen LogP contribution in [0.5, 0.6) is 11.5 Å². The Balaban J connectivity index is 1.82. The zero-order chi connectivity index (χ0) is 20.5. The highest BCUT2D eigenvalue weighted by atomic mass is 79.9. The molecule has 7 nitrogen and oxygen atoms in total. The van der Waals surface area contributed by atoms with Gasteiger partial charge in [0.25, 0.3) is 0 Å². The van der Waals surface area contributed by atoms with Gasteiger partial charge in [0.2, 0.25) is 11.8 Å². The largest absolute Gasteiger partial charge is 0.493 e. The molecule has 0 atom stereocenters. The van der Waals surface area contributed by atoms with Crippen LogP contribution in [0.3, 0.4) is 0 Å². The predicted molar refractivity (Wildman–Crippen MR) is 107 cm³/mol. The van der Waals surface area contributed by atoms with Crippen molar-refractivity contribution in [2.24, 2.45) is 5.10 Å². The highest BCUT2D eigenvalue weighted by Crippen LogP contribution is 2.35. The summed E-state index contributed by atoms with van der Waals surface area (Å²) in [5.41, 5.74) is 3.50. The van der Waals surface area contributed by atoms with Crippen molar-refractivity contribution in [1.29, 1.82) is 0 Å². The molecule has 0 radical (unpaired) electrons.